The van der Waals surface area contributed by atoms with Crippen LogP contribution in [0.4, 0.5) is 5.69 Å². The Morgan fingerprint density at radius 1 is 1.06 bits per heavy atom. The van der Waals surface area contributed by atoms with Crippen molar-refractivity contribution in [3.8, 4) is 5.75 Å². The van der Waals surface area contributed by atoms with Crippen molar-refractivity contribution in [2.24, 2.45) is 17.8 Å². The molecular formula is C36H50ClN2O7S+. The zero-order chi connectivity index (χ0) is 33.4. The summed E-state index contributed by atoms with van der Waals surface area (Å²) in [5, 5.41) is 0.0515. The van der Waals surface area contributed by atoms with Gasteiger partial charge in [-0.2, -0.15) is 4.21 Å². The van der Waals surface area contributed by atoms with E-state index in [9.17, 15) is 13.2 Å². The molecule has 1 fully saturated rings. The molecule has 1 unspecified atom stereocenters. The Kier molecular flexibility index (Phi) is 12.6. The second-order valence-corrected chi connectivity index (χ2v) is 15.6. The maximum Gasteiger partial charge on any atom is 0.371 e. The van der Waals surface area contributed by atoms with Gasteiger partial charge in [-0.15, -0.1) is 0 Å². The van der Waals surface area contributed by atoms with Crippen molar-refractivity contribution in [3.05, 3.63) is 70.3 Å². The van der Waals surface area contributed by atoms with Crippen LogP contribution in [0.1, 0.15) is 67.4 Å². The molecule has 0 spiro atoms. The van der Waals surface area contributed by atoms with Crippen LogP contribution in [-0.2, 0) is 37.3 Å². The third kappa shape index (κ3) is 9.29. The first kappa shape index (κ1) is 35.7. The summed E-state index contributed by atoms with van der Waals surface area (Å²) in [5.74, 6) is 0.647. The first-order valence-corrected chi connectivity index (χ1v) is 18.8. The lowest BCUT2D eigenvalue weighted by atomic mass is 9.70. The van der Waals surface area contributed by atoms with Crippen molar-refractivity contribution >= 4 is 33.2 Å². The molecule has 2 aromatic rings. The third-order valence-electron chi connectivity index (χ3n) is 9.94. The van der Waals surface area contributed by atoms with Crippen LogP contribution in [0.3, 0.4) is 0 Å². The lowest BCUT2D eigenvalue weighted by Gasteiger charge is -2.44. The van der Waals surface area contributed by atoms with Crippen molar-refractivity contribution in [2.75, 3.05) is 51.5 Å². The molecule has 258 valence electrons. The highest BCUT2D eigenvalue weighted by Crippen LogP contribution is 2.42. The molecule has 11 heteroatoms. The number of ether oxygens (including phenoxy) is 4. The van der Waals surface area contributed by atoms with Gasteiger partial charge in [-0.05, 0) is 105 Å². The van der Waals surface area contributed by atoms with E-state index in [0.717, 1.165) is 56.4 Å². The molecule has 1 aliphatic carbocycles. The van der Waals surface area contributed by atoms with Gasteiger partial charge in [0, 0.05) is 30.8 Å². The number of fused-ring (bicyclic) bond motifs is 3. The SMILES string of the molecule is COCCOCCO[C@H]1/C=C/C[C@H](C)[C@@H](C)S(=O)(=[OH+])NC(=O)c2ccc3c(c2)N(CCCCc2cc(Cl)ccc2CO3)C[C@@H]2CC[C@H]21. The highest BCUT2D eigenvalue weighted by molar-refractivity contribution is 7.90. The van der Waals surface area contributed by atoms with Crippen LogP contribution in [0.2, 0.25) is 5.02 Å². The number of carbonyl (C=O) groups is 1. The van der Waals surface area contributed by atoms with Crippen LogP contribution < -0.4 is 14.4 Å². The molecule has 5 rings (SSSR count). The number of nitrogens with zero attached hydrogens (tertiary/aromatic N) is 1. The topological polar surface area (TPSA) is 108 Å². The molecular weight excluding hydrogens is 640 g/mol. The number of amides is 1. The van der Waals surface area contributed by atoms with Gasteiger partial charge >= 0.3 is 10.0 Å². The number of nitrogens with one attached hydrogen (secondary N) is 1. The molecule has 1 saturated carbocycles. The number of anilines is 1. The summed E-state index contributed by atoms with van der Waals surface area (Å²) in [6, 6.07) is 11.3. The minimum absolute atomic E-state index is 0.0985. The molecule has 3 aliphatic rings. The van der Waals surface area contributed by atoms with Gasteiger partial charge in [0.1, 0.15) is 17.6 Å². The second kappa shape index (κ2) is 16.7. The van der Waals surface area contributed by atoms with E-state index in [-0.39, 0.29) is 12.0 Å². The van der Waals surface area contributed by atoms with Crippen molar-refractivity contribution in [1.29, 1.82) is 0 Å². The van der Waals surface area contributed by atoms with Crippen LogP contribution in [0.5, 0.6) is 5.75 Å². The first-order valence-electron chi connectivity index (χ1n) is 16.9. The van der Waals surface area contributed by atoms with Gasteiger partial charge in [-0.3, -0.25) is 4.79 Å². The molecule has 9 nitrogen and oxygen atoms in total. The summed E-state index contributed by atoms with van der Waals surface area (Å²) in [6.07, 6.45) is 9.65. The van der Waals surface area contributed by atoms with Crippen LogP contribution in [-0.4, -0.2) is 72.3 Å². The zero-order valence-corrected chi connectivity index (χ0v) is 29.4. The number of methoxy groups -OCH3 is 1. The summed E-state index contributed by atoms with van der Waals surface area (Å²) in [4.78, 5) is 15.8. The molecule has 0 aromatic heterocycles. The Hall–Kier alpha value is -2.63. The average molecular weight is 690 g/mol. The average Bonchev–Trinajstić information content (AvgIpc) is 3.06. The number of halogens is 1. The quantitative estimate of drug-likeness (QED) is 0.206. The number of aryl methyl sites for hydroxylation is 1. The first-order chi connectivity index (χ1) is 22.7. The zero-order valence-electron chi connectivity index (χ0n) is 27.8. The lowest BCUT2D eigenvalue weighted by molar-refractivity contribution is -0.0409. The van der Waals surface area contributed by atoms with E-state index in [4.69, 9.17) is 30.5 Å². The Balaban J connectivity index is 1.47. The van der Waals surface area contributed by atoms with Gasteiger partial charge in [-0.1, -0.05) is 36.7 Å². The number of benzene rings is 2. The van der Waals surface area contributed by atoms with Crippen LogP contribution in [0, 0.1) is 17.8 Å². The second-order valence-electron chi connectivity index (χ2n) is 13.1. The lowest BCUT2D eigenvalue weighted by Crippen LogP contribution is -2.44. The van der Waals surface area contributed by atoms with E-state index in [2.05, 4.69) is 21.8 Å². The van der Waals surface area contributed by atoms with Crippen LogP contribution >= 0.6 is 11.6 Å². The fraction of sp³-hybridized carbons (Fsp3) is 0.583. The molecule has 0 radical (unpaired) electrons. The molecule has 2 bridgehead atoms. The molecule has 6 atom stereocenters. The van der Waals surface area contributed by atoms with E-state index < -0.39 is 21.2 Å². The van der Waals surface area contributed by atoms with Crippen molar-refractivity contribution in [3.63, 3.8) is 0 Å². The molecule has 2 aromatic carbocycles. The van der Waals surface area contributed by atoms with E-state index >= 15 is 0 Å². The van der Waals surface area contributed by atoms with Gasteiger partial charge in [0.25, 0.3) is 5.91 Å². The van der Waals surface area contributed by atoms with Crippen molar-refractivity contribution in [2.45, 2.75) is 70.3 Å². The van der Waals surface area contributed by atoms with Gasteiger partial charge in [-0.25, -0.2) is 8.93 Å². The predicted molar refractivity (Wildman–Crippen MR) is 186 cm³/mol. The number of hydrogen-bond acceptors (Lipinski definition) is 7. The Morgan fingerprint density at radius 3 is 2.68 bits per heavy atom. The molecule has 47 heavy (non-hydrogen) atoms. The summed E-state index contributed by atoms with van der Waals surface area (Å²) < 4.78 is 50.6. The molecule has 2 N–H and O–H groups in total. The van der Waals surface area contributed by atoms with Crippen molar-refractivity contribution in [1.82, 2.24) is 4.72 Å². The van der Waals surface area contributed by atoms with Crippen LogP contribution in [0.25, 0.3) is 0 Å². The highest BCUT2D eigenvalue weighted by atomic mass is 35.5. The summed E-state index contributed by atoms with van der Waals surface area (Å²) >= 11 is 6.35. The van der Waals surface area contributed by atoms with E-state index in [1.807, 2.05) is 37.3 Å². The Bertz CT molecular complexity index is 1500. The summed E-state index contributed by atoms with van der Waals surface area (Å²) in [5.41, 5.74) is 3.42. The van der Waals surface area contributed by atoms with Gasteiger partial charge in [0.2, 0.25) is 0 Å². The maximum atomic E-state index is 13.5. The highest BCUT2D eigenvalue weighted by Gasteiger charge is 2.39. The van der Waals surface area contributed by atoms with Crippen molar-refractivity contribution < 1.29 is 32.2 Å². The summed E-state index contributed by atoms with van der Waals surface area (Å²) in [6.45, 7) is 7.61. The normalized spacial score (nSPS) is 29.2. The fourth-order valence-electron chi connectivity index (χ4n) is 6.64. The Morgan fingerprint density at radius 2 is 1.89 bits per heavy atom. The van der Waals surface area contributed by atoms with E-state index in [0.29, 0.717) is 67.6 Å². The minimum atomic E-state index is -3.68. The number of carbonyl (C=O) groups excluding carboxylic acids is 1. The number of rotatable bonds is 7. The van der Waals surface area contributed by atoms with E-state index in [1.54, 1.807) is 20.1 Å². The number of allylic oxidation sites excluding steroid dienone is 1. The largest absolute Gasteiger partial charge is 0.487 e. The van der Waals surface area contributed by atoms with E-state index in [1.165, 1.54) is 5.56 Å². The standard InChI is InChI=1S/C36H49ClN2O7S/c1-25-7-6-9-34(45-20-19-44-18-17-43-3)32-14-11-29(32)23-39-16-5-4-8-27-21-31(37)13-10-30(27)24-46-35-15-12-28(22-33(35)39)36(40)38-47(41,42)26(25)2/h6,9-10,12-13,15,21-22,25-26,29,32,34H,4-5,7-8,11,14,16-20,23-24H2,1-3H3,(H,38,40,41,42)/p+1/b9-6+/t25-,26+,29-,32+,34-/m0/s1. The van der Waals surface area contributed by atoms with Gasteiger partial charge < -0.3 is 23.8 Å². The van der Waals surface area contributed by atoms with Crippen LogP contribution in [0.15, 0.2) is 48.6 Å². The van der Waals surface area contributed by atoms with Gasteiger partial charge in [0.05, 0.1) is 38.2 Å². The maximum absolute atomic E-state index is 13.5. The Labute approximate surface area is 285 Å². The predicted octanol–water partition coefficient (Wildman–Crippen LogP) is 6.34. The number of hydrogen-bond donors (Lipinski definition) is 1. The monoisotopic (exact) mass is 689 g/mol. The third-order valence-corrected chi connectivity index (χ3v) is 12.1. The minimum Gasteiger partial charge on any atom is -0.487 e. The molecule has 2 aliphatic heterocycles. The molecule has 1 amide bonds. The molecule has 2 heterocycles. The fourth-order valence-corrected chi connectivity index (χ4v) is 8.15. The molecule has 0 saturated heterocycles. The van der Waals surface area contributed by atoms with Gasteiger partial charge in [0.15, 0.2) is 0 Å². The smallest absolute Gasteiger partial charge is 0.371 e. The summed E-state index contributed by atoms with van der Waals surface area (Å²) in [7, 11) is -2.03.